The summed E-state index contributed by atoms with van der Waals surface area (Å²) in [4.78, 5) is 4.13. The molecule has 0 bridgehead atoms. The lowest BCUT2D eigenvalue weighted by Crippen LogP contribution is -2.40. The van der Waals surface area contributed by atoms with E-state index in [0.29, 0.717) is 35.9 Å². The Morgan fingerprint density at radius 1 is 1.64 bits per heavy atom. The highest BCUT2D eigenvalue weighted by Gasteiger charge is 2.19. The Kier molecular flexibility index (Phi) is 2.48. The first kappa shape index (κ1) is 9.55. The van der Waals surface area contributed by atoms with Crippen molar-refractivity contribution in [2.24, 2.45) is 0 Å². The normalized spacial score (nSPS) is 16.4. The number of nitrogens with zero attached hydrogens (tertiary/aromatic N) is 1. The molecule has 0 aromatic carbocycles. The number of hydrogen-bond donors (Lipinski definition) is 2. The van der Waals surface area contributed by atoms with Gasteiger partial charge >= 0.3 is 0 Å². The zero-order valence-electron chi connectivity index (χ0n) is 7.88. The summed E-state index contributed by atoms with van der Waals surface area (Å²) in [7, 11) is 0. The summed E-state index contributed by atoms with van der Waals surface area (Å²) in [5, 5.41) is 3.64. The molecule has 0 aliphatic carbocycles. The van der Waals surface area contributed by atoms with E-state index in [1.807, 2.05) is 6.92 Å². The maximum atomic E-state index is 5.85. The molecule has 2 heterocycles. The molecule has 0 amide bonds. The lowest BCUT2D eigenvalue weighted by atomic mass is 10.2. The molecule has 0 spiro atoms. The number of rotatable bonds is 2. The summed E-state index contributed by atoms with van der Waals surface area (Å²) < 4.78 is 5.04. The Bertz CT molecular complexity index is 352. The zero-order valence-corrected chi connectivity index (χ0v) is 8.64. The third-order valence-corrected chi connectivity index (χ3v) is 2.41. The van der Waals surface area contributed by atoms with Crippen LogP contribution in [0.1, 0.15) is 5.56 Å². The van der Waals surface area contributed by atoms with Crippen LogP contribution in [0.5, 0.6) is 0 Å². The second-order valence-electron chi connectivity index (χ2n) is 3.40. The molecule has 0 radical (unpaired) electrons. The molecule has 1 aliphatic heterocycles. The van der Waals surface area contributed by atoms with Crippen molar-refractivity contribution in [3.8, 4) is 0 Å². The van der Waals surface area contributed by atoms with Crippen LogP contribution < -0.4 is 11.1 Å². The van der Waals surface area contributed by atoms with E-state index in [9.17, 15) is 0 Å². The van der Waals surface area contributed by atoms with Crippen molar-refractivity contribution in [3.05, 3.63) is 16.8 Å². The number of nitrogens with two attached hydrogens (primary N) is 1. The second kappa shape index (κ2) is 3.63. The van der Waals surface area contributed by atoms with Gasteiger partial charge in [0.2, 0.25) is 0 Å². The molecule has 14 heavy (non-hydrogen) atoms. The summed E-state index contributed by atoms with van der Waals surface area (Å²) in [5.74, 6) is 0.656. The number of ether oxygens (including phenoxy) is 1. The number of aromatic nitrogens is 1. The Hall–Kier alpha value is -1.00. The molecule has 0 saturated carbocycles. The Balaban J connectivity index is 2.22. The molecule has 0 unspecified atom stereocenters. The van der Waals surface area contributed by atoms with Crippen LogP contribution >= 0.6 is 11.6 Å². The van der Waals surface area contributed by atoms with Gasteiger partial charge in [-0.1, -0.05) is 11.6 Å². The minimum Gasteiger partial charge on any atom is -0.396 e. The van der Waals surface area contributed by atoms with Gasteiger partial charge in [0.15, 0.2) is 5.82 Å². The smallest absolute Gasteiger partial charge is 0.151 e. The van der Waals surface area contributed by atoms with Crippen molar-refractivity contribution in [1.29, 1.82) is 0 Å². The standard InChI is InChI=1S/C9H12ClN3O/c1-5-2-7(10)13-9(8(5)11)12-6-3-14-4-6/h2,6H,3-4,11H2,1H3,(H,12,13). The van der Waals surface area contributed by atoms with Crippen LogP contribution in [0.2, 0.25) is 5.15 Å². The molecule has 1 fully saturated rings. The first-order valence-electron chi connectivity index (χ1n) is 4.43. The van der Waals surface area contributed by atoms with Gasteiger partial charge in [-0.25, -0.2) is 4.98 Å². The van der Waals surface area contributed by atoms with E-state index in [-0.39, 0.29) is 0 Å². The van der Waals surface area contributed by atoms with E-state index in [1.165, 1.54) is 0 Å². The molecular weight excluding hydrogens is 202 g/mol. The molecular formula is C9H12ClN3O. The Labute approximate surface area is 87.4 Å². The number of pyridine rings is 1. The van der Waals surface area contributed by atoms with Gasteiger partial charge in [-0.15, -0.1) is 0 Å². The minimum atomic E-state index is 0.308. The van der Waals surface area contributed by atoms with Crippen molar-refractivity contribution in [1.82, 2.24) is 4.98 Å². The number of hydrogen-bond acceptors (Lipinski definition) is 4. The maximum Gasteiger partial charge on any atom is 0.151 e. The molecule has 2 rings (SSSR count). The summed E-state index contributed by atoms with van der Waals surface area (Å²) in [6.45, 7) is 3.31. The van der Waals surface area contributed by atoms with Crippen LogP contribution in [-0.4, -0.2) is 24.2 Å². The topological polar surface area (TPSA) is 60.2 Å². The molecule has 76 valence electrons. The van der Waals surface area contributed by atoms with E-state index in [4.69, 9.17) is 22.1 Å². The molecule has 1 saturated heterocycles. The predicted molar refractivity (Wildman–Crippen MR) is 56.6 cm³/mol. The van der Waals surface area contributed by atoms with Crippen LogP contribution in [-0.2, 0) is 4.74 Å². The van der Waals surface area contributed by atoms with E-state index in [2.05, 4.69) is 10.3 Å². The molecule has 1 aromatic rings. The first-order valence-corrected chi connectivity index (χ1v) is 4.81. The fourth-order valence-corrected chi connectivity index (χ4v) is 1.51. The van der Waals surface area contributed by atoms with Gasteiger partial charge in [-0.2, -0.15) is 0 Å². The fraction of sp³-hybridized carbons (Fsp3) is 0.444. The van der Waals surface area contributed by atoms with Crippen LogP contribution in [0.3, 0.4) is 0 Å². The van der Waals surface area contributed by atoms with Gasteiger partial charge in [0, 0.05) is 0 Å². The van der Waals surface area contributed by atoms with Crippen LogP contribution in [0, 0.1) is 6.92 Å². The minimum absolute atomic E-state index is 0.308. The molecule has 3 N–H and O–H groups in total. The fourth-order valence-electron chi connectivity index (χ4n) is 1.26. The Morgan fingerprint density at radius 3 is 2.93 bits per heavy atom. The highest BCUT2D eigenvalue weighted by molar-refractivity contribution is 6.29. The van der Waals surface area contributed by atoms with Crippen molar-refractivity contribution in [2.75, 3.05) is 24.3 Å². The maximum absolute atomic E-state index is 5.85. The summed E-state index contributed by atoms with van der Waals surface area (Å²) >= 11 is 5.83. The average Bonchev–Trinajstić information content (AvgIpc) is 2.05. The third kappa shape index (κ3) is 1.76. The van der Waals surface area contributed by atoms with Crippen LogP contribution in [0.4, 0.5) is 11.5 Å². The lowest BCUT2D eigenvalue weighted by Gasteiger charge is -2.28. The van der Waals surface area contributed by atoms with Gasteiger partial charge in [0.05, 0.1) is 24.9 Å². The van der Waals surface area contributed by atoms with Gasteiger partial charge in [-0.3, -0.25) is 0 Å². The average molecular weight is 214 g/mol. The Morgan fingerprint density at radius 2 is 2.36 bits per heavy atom. The number of anilines is 2. The predicted octanol–water partition coefficient (Wildman–Crippen LogP) is 1.44. The van der Waals surface area contributed by atoms with E-state index < -0.39 is 0 Å². The number of nitrogen functional groups attached to an aromatic ring is 1. The molecule has 0 atom stereocenters. The monoisotopic (exact) mass is 213 g/mol. The highest BCUT2D eigenvalue weighted by atomic mass is 35.5. The molecule has 1 aliphatic rings. The second-order valence-corrected chi connectivity index (χ2v) is 3.79. The largest absolute Gasteiger partial charge is 0.396 e. The SMILES string of the molecule is Cc1cc(Cl)nc(NC2COC2)c1N. The van der Waals surface area contributed by atoms with E-state index >= 15 is 0 Å². The van der Waals surface area contributed by atoms with E-state index in [0.717, 1.165) is 5.56 Å². The van der Waals surface area contributed by atoms with Crippen molar-refractivity contribution >= 4 is 23.1 Å². The zero-order chi connectivity index (χ0) is 10.1. The summed E-state index contributed by atoms with van der Waals surface area (Å²) in [6, 6.07) is 2.06. The van der Waals surface area contributed by atoms with Crippen LogP contribution in [0.15, 0.2) is 6.07 Å². The van der Waals surface area contributed by atoms with Crippen molar-refractivity contribution in [3.63, 3.8) is 0 Å². The van der Waals surface area contributed by atoms with Crippen molar-refractivity contribution < 1.29 is 4.74 Å². The molecule has 4 nitrogen and oxygen atoms in total. The van der Waals surface area contributed by atoms with E-state index in [1.54, 1.807) is 6.07 Å². The number of halogens is 1. The lowest BCUT2D eigenvalue weighted by molar-refractivity contribution is 0.0210. The number of aryl methyl sites for hydroxylation is 1. The molecule has 1 aromatic heterocycles. The summed E-state index contributed by atoms with van der Waals surface area (Å²) in [6.07, 6.45) is 0. The quantitative estimate of drug-likeness (QED) is 0.730. The van der Waals surface area contributed by atoms with Gasteiger partial charge in [0.25, 0.3) is 0 Å². The van der Waals surface area contributed by atoms with Gasteiger partial charge in [0.1, 0.15) is 5.15 Å². The molecule has 5 heteroatoms. The third-order valence-electron chi connectivity index (χ3n) is 2.21. The summed E-state index contributed by atoms with van der Waals surface area (Å²) in [5.41, 5.74) is 7.45. The number of nitrogens with one attached hydrogen (secondary N) is 1. The first-order chi connectivity index (χ1) is 6.66. The van der Waals surface area contributed by atoms with Crippen LogP contribution in [0.25, 0.3) is 0 Å². The van der Waals surface area contributed by atoms with Gasteiger partial charge in [-0.05, 0) is 18.6 Å². The van der Waals surface area contributed by atoms with Crippen molar-refractivity contribution in [2.45, 2.75) is 13.0 Å². The highest BCUT2D eigenvalue weighted by Crippen LogP contribution is 2.24. The van der Waals surface area contributed by atoms with Gasteiger partial charge < -0.3 is 15.8 Å².